The van der Waals surface area contributed by atoms with E-state index >= 15 is 0 Å². The highest BCUT2D eigenvalue weighted by Gasteiger charge is 2.28. The molecule has 0 radical (unpaired) electrons. The Kier molecular flexibility index (Phi) is 2.05. The Hall–Kier alpha value is -0.760. The molecule has 0 aromatic rings. The number of aliphatic hydroxyl groups is 1. The Morgan fingerprint density at radius 2 is 2.27 bits per heavy atom. The van der Waals surface area contributed by atoms with Crippen LogP contribution in [0.25, 0.3) is 0 Å². The fraction of sp³-hybridized carbons (Fsp3) is 0.556. The average Bonchev–Trinajstić information content (AvgIpc) is 1.86. The summed E-state index contributed by atoms with van der Waals surface area (Å²) in [7, 11) is 0. The van der Waals surface area contributed by atoms with Crippen molar-refractivity contribution in [1.82, 2.24) is 0 Å². The van der Waals surface area contributed by atoms with Crippen LogP contribution in [0, 0.1) is 0 Å². The largest absolute Gasteiger partial charge is 0.466 e. The summed E-state index contributed by atoms with van der Waals surface area (Å²) >= 11 is 0. The summed E-state index contributed by atoms with van der Waals surface area (Å²) in [6, 6.07) is 0. The topological polar surface area (TPSA) is 29.5 Å². The Balaban J connectivity index is 3.00. The van der Waals surface area contributed by atoms with Crippen LogP contribution in [0.2, 0.25) is 0 Å². The predicted molar refractivity (Wildman–Crippen MR) is 43.8 cm³/mol. The SMILES string of the molecule is CCC1=C(C)C=COC1(C)O. The number of hydrogen-bond donors (Lipinski definition) is 1. The van der Waals surface area contributed by atoms with Crippen molar-refractivity contribution in [3.8, 4) is 0 Å². The van der Waals surface area contributed by atoms with Crippen LogP contribution in [-0.2, 0) is 4.74 Å². The molecule has 2 heteroatoms. The van der Waals surface area contributed by atoms with E-state index < -0.39 is 5.79 Å². The van der Waals surface area contributed by atoms with Crippen LogP contribution < -0.4 is 0 Å². The summed E-state index contributed by atoms with van der Waals surface area (Å²) in [6.07, 6.45) is 4.23. The van der Waals surface area contributed by atoms with Crippen molar-refractivity contribution in [2.24, 2.45) is 0 Å². The second-order valence-corrected chi connectivity index (χ2v) is 2.92. The second-order valence-electron chi connectivity index (χ2n) is 2.92. The minimum Gasteiger partial charge on any atom is -0.466 e. The van der Waals surface area contributed by atoms with E-state index in [2.05, 4.69) is 0 Å². The Labute approximate surface area is 67.2 Å². The van der Waals surface area contributed by atoms with Gasteiger partial charge in [0.15, 0.2) is 0 Å². The molecule has 1 aliphatic rings. The second kappa shape index (κ2) is 2.70. The molecule has 0 aromatic heterocycles. The van der Waals surface area contributed by atoms with Crippen LogP contribution in [-0.4, -0.2) is 10.9 Å². The van der Waals surface area contributed by atoms with Crippen molar-refractivity contribution in [3.05, 3.63) is 23.5 Å². The third kappa shape index (κ3) is 1.46. The molecule has 0 amide bonds. The van der Waals surface area contributed by atoms with Gasteiger partial charge in [-0.15, -0.1) is 0 Å². The van der Waals surface area contributed by atoms with Gasteiger partial charge in [0.25, 0.3) is 0 Å². The summed E-state index contributed by atoms with van der Waals surface area (Å²) in [5.41, 5.74) is 2.06. The molecule has 1 aliphatic heterocycles. The summed E-state index contributed by atoms with van der Waals surface area (Å²) in [6.45, 7) is 5.65. The maximum absolute atomic E-state index is 9.67. The first-order valence-electron chi connectivity index (χ1n) is 3.85. The molecule has 0 aliphatic carbocycles. The van der Waals surface area contributed by atoms with Gasteiger partial charge in [0.2, 0.25) is 5.79 Å². The first-order chi connectivity index (χ1) is 5.08. The van der Waals surface area contributed by atoms with Gasteiger partial charge in [-0.05, 0) is 25.0 Å². The molecule has 0 saturated heterocycles. The fourth-order valence-corrected chi connectivity index (χ4v) is 1.41. The smallest absolute Gasteiger partial charge is 0.227 e. The predicted octanol–water partition coefficient (Wildman–Crippen LogP) is 1.97. The van der Waals surface area contributed by atoms with Crippen LogP contribution >= 0.6 is 0 Å². The average molecular weight is 154 g/mol. The van der Waals surface area contributed by atoms with Crippen molar-refractivity contribution < 1.29 is 9.84 Å². The van der Waals surface area contributed by atoms with Gasteiger partial charge in [-0.25, -0.2) is 0 Å². The van der Waals surface area contributed by atoms with Crippen LogP contribution in [0.4, 0.5) is 0 Å². The lowest BCUT2D eigenvalue weighted by Gasteiger charge is -2.29. The summed E-state index contributed by atoms with van der Waals surface area (Å²) < 4.78 is 5.06. The maximum atomic E-state index is 9.67. The van der Waals surface area contributed by atoms with E-state index in [4.69, 9.17) is 4.74 Å². The molecule has 1 heterocycles. The molecular formula is C9H14O2. The number of rotatable bonds is 1. The Morgan fingerprint density at radius 1 is 1.64 bits per heavy atom. The minimum atomic E-state index is -1.09. The molecule has 0 saturated carbocycles. The van der Waals surface area contributed by atoms with Gasteiger partial charge in [-0.2, -0.15) is 0 Å². The number of allylic oxidation sites excluding steroid dienone is 2. The zero-order valence-electron chi connectivity index (χ0n) is 7.22. The molecular weight excluding hydrogens is 140 g/mol. The van der Waals surface area contributed by atoms with E-state index in [9.17, 15) is 5.11 Å². The Morgan fingerprint density at radius 3 is 2.64 bits per heavy atom. The van der Waals surface area contributed by atoms with Crippen molar-refractivity contribution in [2.75, 3.05) is 0 Å². The molecule has 1 N–H and O–H groups in total. The quantitative estimate of drug-likeness (QED) is 0.625. The molecule has 0 fully saturated rings. The van der Waals surface area contributed by atoms with E-state index in [1.807, 2.05) is 19.9 Å². The van der Waals surface area contributed by atoms with Crippen molar-refractivity contribution >= 4 is 0 Å². The lowest BCUT2D eigenvalue weighted by atomic mass is 9.98. The van der Waals surface area contributed by atoms with Gasteiger partial charge in [0.05, 0.1) is 6.26 Å². The molecule has 2 nitrogen and oxygen atoms in total. The van der Waals surface area contributed by atoms with E-state index in [-0.39, 0.29) is 0 Å². The first-order valence-corrected chi connectivity index (χ1v) is 3.85. The molecule has 62 valence electrons. The standard InChI is InChI=1S/C9H14O2/c1-4-8-7(2)5-6-11-9(8,3)10/h5-6,10H,4H2,1-3H3. The summed E-state index contributed by atoms with van der Waals surface area (Å²) in [5.74, 6) is -1.09. The van der Waals surface area contributed by atoms with Crippen molar-refractivity contribution in [2.45, 2.75) is 33.0 Å². The summed E-state index contributed by atoms with van der Waals surface area (Å²) in [5, 5.41) is 9.67. The van der Waals surface area contributed by atoms with E-state index in [1.54, 1.807) is 6.92 Å². The van der Waals surface area contributed by atoms with Crippen molar-refractivity contribution in [1.29, 1.82) is 0 Å². The van der Waals surface area contributed by atoms with Gasteiger partial charge >= 0.3 is 0 Å². The summed E-state index contributed by atoms with van der Waals surface area (Å²) in [4.78, 5) is 0. The zero-order chi connectivity index (χ0) is 8.48. The van der Waals surface area contributed by atoms with E-state index in [1.165, 1.54) is 6.26 Å². The highest BCUT2D eigenvalue weighted by molar-refractivity contribution is 5.30. The number of ether oxygens (including phenoxy) is 1. The van der Waals surface area contributed by atoms with Crippen LogP contribution in [0.5, 0.6) is 0 Å². The Bertz CT molecular complexity index is 212. The van der Waals surface area contributed by atoms with Crippen molar-refractivity contribution in [3.63, 3.8) is 0 Å². The molecule has 11 heavy (non-hydrogen) atoms. The molecule has 0 spiro atoms. The van der Waals surface area contributed by atoms with Gasteiger partial charge < -0.3 is 9.84 Å². The minimum absolute atomic E-state index is 0.823. The molecule has 1 atom stereocenters. The van der Waals surface area contributed by atoms with Crippen LogP contribution in [0.3, 0.4) is 0 Å². The molecule has 0 bridgehead atoms. The van der Waals surface area contributed by atoms with Gasteiger partial charge in [-0.1, -0.05) is 6.92 Å². The van der Waals surface area contributed by atoms with Crippen LogP contribution in [0.1, 0.15) is 27.2 Å². The maximum Gasteiger partial charge on any atom is 0.227 e. The first kappa shape index (κ1) is 8.34. The lowest BCUT2D eigenvalue weighted by molar-refractivity contribution is -0.124. The van der Waals surface area contributed by atoms with E-state index in [0.717, 1.165) is 17.6 Å². The third-order valence-electron chi connectivity index (χ3n) is 2.01. The third-order valence-corrected chi connectivity index (χ3v) is 2.01. The van der Waals surface area contributed by atoms with Gasteiger partial charge in [-0.3, -0.25) is 0 Å². The molecule has 0 aromatic carbocycles. The highest BCUT2D eigenvalue weighted by Crippen LogP contribution is 2.28. The molecule has 1 unspecified atom stereocenters. The van der Waals surface area contributed by atoms with Crippen LogP contribution in [0.15, 0.2) is 23.5 Å². The van der Waals surface area contributed by atoms with Gasteiger partial charge in [0.1, 0.15) is 0 Å². The zero-order valence-corrected chi connectivity index (χ0v) is 7.22. The number of hydrogen-bond acceptors (Lipinski definition) is 2. The normalized spacial score (nSPS) is 30.5. The van der Waals surface area contributed by atoms with Gasteiger partial charge in [0, 0.05) is 12.5 Å². The monoisotopic (exact) mass is 154 g/mol. The van der Waals surface area contributed by atoms with E-state index in [0.29, 0.717) is 0 Å². The highest BCUT2D eigenvalue weighted by atomic mass is 16.6. The fourth-order valence-electron chi connectivity index (χ4n) is 1.41. The molecule has 1 rings (SSSR count). The lowest BCUT2D eigenvalue weighted by Crippen LogP contribution is -2.31.